The highest BCUT2D eigenvalue weighted by Gasteiger charge is 2.11. The zero-order valence-corrected chi connectivity index (χ0v) is 13.5. The molecule has 1 rings (SSSR count). The zero-order valence-electron chi connectivity index (χ0n) is 11.9. The van der Waals surface area contributed by atoms with E-state index in [1.54, 1.807) is 0 Å². The predicted molar refractivity (Wildman–Crippen MR) is 82.9 cm³/mol. The van der Waals surface area contributed by atoms with Crippen LogP contribution in [0, 0.1) is 5.92 Å². The maximum atomic E-state index is 11.8. The summed E-state index contributed by atoms with van der Waals surface area (Å²) < 4.78 is 1.06. The van der Waals surface area contributed by atoms with Crippen LogP contribution in [0.2, 0.25) is 0 Å². The minimum Gasteiger partial charge on any atom is -0.355 e. The zero-order chi connectivity index (χ0) is 14.3. The second-order valence-corrected chi connectivity index (χ2v) is 6.12. The van der Waals surface area contributed by atoms with Crippen molar-refractivity contribution in [3.05, 3.63) is 34.3 Å². The van der Waals surface area contributed by atoms with Crippen LogP contribution in [0.3, 0.4) is 0 Å². The molecule has 2 N–H and O–H groups in total. The number of carbonyl (C=O) groups excluding carboxylic acids is 1. The van der Waals surface area contributed by atoms with Crippen molar-refractivity contribution < 1.29 is 4.79 Å². The number of hydrogen-bond acceptors (Lipinski definition) is 2. The Kier molecular flexibility index (Phi) is 7.10. The van der Waals surface area contributed by atoms with E-state index in [9.17, 15) is 4.79 Å². The van der Waals surface area contributed by atoms with Gasteiger partial charge in [-0.3, -0.25) is 4.79 Å². The molecule has 3 nitrogen and oxygen atoms in total. The molecule has 106 valence electrons. The Labute approximate surface area is 124 Å². The SMILES string of the molecule is CC(C)CCNC(=O)C(C)NCc1cccc(Br)c1. The summed E-state index contributed by atoms with van der Waals surface area (Å²) in [4.78, 5) is 11.8. The molecular weight excluding hydrogens is 304 g/mol. The maximum absolute atomic E-state index is 11.8. The molecule has 0 aliphatic heterocycles. The van der Waals surface area contributed by atoms with Crippen LogP contribution in [0.5, 0.6) is 0 Å². The molecule has 0 saturated carbocycles. The van der Waals surface area contributed by atoms with E-state index >= 15 is 0 Å². The van der Waals surface area contributed by atoms with Crippen LogP contribution < -0.4 is 10.6 Å². The summed E-state index contributed by atoms with van der Waals surface area (Å²) in [5.74, 6) is 0.681. The molecule has 0 bridgehead atoms. The Balaban J connectivity index is 2.30. The number of nitrogens with one attached hydrogen (secondary N) is 2. The quantitative estimate of drug-likeness (QED) is 0.808. The van der Waals surface area contributed by atoms with Crippen LogP contribution in [0.4, 0.5) is 0 Å². The number of halogens is 1. The van der Waals surface area contributed by atoms with Gasteiger partial charge in [0.15, 0.2) is 0 Å². The van der Waals surface area contributed by atoms with E-state index in [1.165, 1.54) is 0 Å². The second kappa shape index (κ2) is 8.33. The van der Waals surface area contributed by atoms with E-state index in [-0.39, 0.29) is 11.9 Å². The van der Waals surface area contributed by atoms with E-state index in [0.29, 0.717) is 12.5 Å². The molecule has 1 aromatic carbocycles. The number of benzene rings is 1. The van der Waals surface area contributed by atoms with E-state index in [4.69, 9.17) is 0 Å². The molecule has 1 unspecified atom stereocenters. The molecule has 0 aliphatic carbocycles. The summed E-state index contributed by atoms with van der Waals surface area (Å²) in [6, 6.07) is 7.91. The highest BCUT2D eigenvalue weighted by atomic mass is 79.9. The summed E-state index contributed by atoms with van der Waals surface area (Å²) in [5.41, 5.74) is 1.16. The van der Waals surface area contributed by atoms with Crippen molar-refractivity contribution >= 4 is 21.8 Å². The highest BCUT2D eigenvalue weighted by Crippen LogP contribution is 2.11. The van der Waals surface area contributed by atoms with Crippen LogP contribution in [0.15, 0.2) is 28.7 Å². The molecule has 1 amide bonds. The third kappa shape index (κ3) is 6.73. The number of rotatable bonds is 7. The number of hydrogen-bond donors (Lipinski definition) is 2. The predicted octanol–water partition coefficient (Wildman–Crippen LogP) is 3.09. The molecule has 1 atom stereocenters. The Morgan fingerprint density at radius 3 is 2.68 bits per heavy atom. The molecule has 19 heavy (non-hydrogen) atoms. The van der Waals surface area contributed by atoms with Crippen molar-refractivity contribution in [1.29, 1.82) is 0 Å². The van der Waals surface area contributed by atoms with Crippen molar-refractivity contribution in [1.82, 2.24) is 10.6 Å². The average Bonchev–Trinajstić information content (AvgIpc) is 2.35. The highest BCUT2D eigenvalue weighted by molar-refractivity contribution is 9.10. The van der Waals surface area contributed by atoms with E-state index < -0.39 is 0 Å². The van der Waals surface area contributed by atoms with Gasteiger partial charge < -0.3 is 10.6 Å². The van der Waals surface area contributed by atoms with Gasteiger partial charge in [0, 0.05) is 17.6 Å². The Morgan fingerprint density at radius 1 is 1.32 bits per heavy atom. The number of carbonyl (C=O) groups is 1. The van der Waals surface area contributed by atoms with Gasteiger partial charge in [-0.25, -0.2) is 0 Å². The standard InChI is InChI=1S/C15H23BrN2O/c1-11(2)7-8-17-15(19)12(3)18-10-13-5-4-6-14(16)9-13/h4-6,9,11-12,18H,7-8,10H2,1-3H3,(H,17,19). The van der Waals surface area contributed by atoms with Gasteiger partial charge in [-0.05, 0) is 37.0 Å². The van der Waals surface area contributed by atoms with E-state index in [2.05, 4.69) is 46.5 Å². The minimum atomic E-state index is -0.175. The van der Waals surface area contributed by atoms with Crippen LogP contribution >= 0.6 is 15.9 Å². The monoisotopic (exact) mass is 326 g/mol. The fraction of sp³-hybridized carbons (Fsp3) is 0.533. The second-order valence-electron chi connectivity index (χ2n) is 5.21. The first kappa shape index (κ1) is 16.2. The summed E-state index contributed by atoms with van der Waals surface area (Å²) in [6.45, 7) is 7.64. The summed E-state index contributed by atoms with van der Waals surface area (Å²) in [5, 5.41) is 6.18. The van der Waals surface area contributed by atoms with Crippen LogP contribution in [-0.2, 0) is 11.3 Å². The first-order valence-electron chi connectivity index (χ1n) is 6.74. The molecule has 0 radical (unpaired) electrons. The molecule has 0 saturated heterocycles. The minimum absolute atomic E-state index is 0.0654. The lowest BCUT2D eigenvalue weighted by Gasteiger charge is -2.14. The third-order valence-corrected chi connectivity index (χ3v) is 3.41. The lowest BCUT2D eigenvalue weighted by molar-refractivity contribution is -0.122. The Bertz CT molecular complexity index is 407. The van der Waals surface area contributed by atoms with Crippen molar-refractivity contribution in [2.45, 2.75) is 39.8 Å². The lowest BCUT2D eigenvalue weighted by atomic mass is 10.1. The van der Waals surface area contributed by atoms with Crippen molar-refractivity contribution in [3.8, 4) is 0 Å². The normalized spacial score (nSPS) is 12.5. The molecule has 0 aliphatic rings. The van der Waals surface area contributed by atoms with Gasteiger partial charge in [0.2, 0.25) is 5.91 Å². The van der Waals surface area contributed by atoms with Gasteiger partial charge in [-0.2, -0.15) is 0 Å². The molecule has 1 aromatic rings. The van der Waals surface area contributed by atoms with E-state index in [0.717, 1.165) is 23.0 Å². The van der Waals surface area contributed by atoms with Crippen LogP contribution in [0.25, 0.3) is 0 Å². The van der Waals surface area contributed by atoms with Gasteiger partial charge in [0.05, 0.1) is 6.04 Å². The molecule has 0 spiro atoms. The fourth-order valence-corrected chi connectivity index (χ4v) is 2.09. The van der Waals surface area contributed by atoms with Crippen molar-refractivity contribution in [2.24, 2.45) is 5.92 Å². The van der Waals surface area contributed by atoms with Gasteiger partial charge in [0.1, 0.15) is 0 Å². The van der Waals surface area contributed by atoms with Crippen LogP contribution in [-0.4, -0.2) is 18.5 Å². The first-order valence-corrected chi connectivity index (χ1v) is 7.54. The van der Waals surface area contributed by atoms with Gasteiger partial charge >= 0.3 is 0 Å². The Hall–Kier alpha value is -0.870. The molecule has 0 heterocycles. The summed E-state index contributed by atoms with van der Waals surface area (Å²) >= 11 is 3.44. The van der Waals surface area contributed by atoms with Crippen LogP contribution in [0.1, 0.15) is 32.8 Å². The summed E-state index contributed by atoms with van der Waals surface area (Å²) in [6.07, 6.45) is 1.02. The summed E-state index contributed by atoms with van der Waals surface area (Å²) in [7, 11) is 0. The average molecular weight is 327 g/mol. The van der Waals surface area contributed by atoms with Crippen molar-refractivity contribution in [3.63, 3.8) is 0 Å². The fourth-order valence-electron chi connectivity index (χ4n) is 1.65. The Morgan fingerprint density at radius 2 is 2.05 bits per heavy atom. The van der Waals surface area contributed by atoms with E-state index in [1.807, 2.05) is 25.1 Å². The number of amides is 1. The van der Waals surface area contributed by atoms with Gasteiger partial charge in [-0.15, -0.1) is 0 Å². The molecule has 0 fully saturated rings. The smallest absolute Gasteiger partial charge is 0.236 e. The lowest BCUT2D eigenvalue weighted by Crippen LogP contribution is -2.42. The van der Waals surface area contributed by atoms with Crippen molar-refractivity contribution in [2.75, 3.05) is 6.54 Å². The largest absolute Gasteiger partial charge is 0.355 e. The molecule has 4 heteroatoms. The molecule has 0 aromatic heterocycles. The maximum Gasteiger partial charge on any atom is 0.236 e. The third-order valence-electron chi connectivity index (χ3n) is 2.92. The molecular formula is C15H23BrN2O. The first-order chi connectivity index (χ1) is 8.99. The van der Waals surface area contributed by atoms with Gasteiger partial charge in [-0.1, -0.05) is 41.9 Å². The topological polar surface area (TPSA) is 41.1 Å². The van der Waals surface area contributed by atoms with Gasteiger partial charge in [0.25, 0.3) is 0 Å².